The molecule has 0 unspecified atom stereocenters. The number of nitrogens with two attached hydrogens (primary N) is 1. The number of nitrogens with zero attached hydrogens (tertiary/aromatic N) is 4. The highest BCUT2D eigenvalue weighted by molar-refractivity contribution is 7.46. The van der Waals surface area contributed by atoms with E-state index in [2.05, 4.69) is 19.5 Å². The summed E-state index contributed by atoms with van der Waals surface area (Å²) in [6, 6.07) is 0. The molecule has 0 aliphatic carbocycles. The Balaban J connectivity index is 1.96. The van der Waals surface area contributed by atoms with Gasteiger partial charge in [0.25, 0.3) is 0 Å². The minimum absolute atomic E-state index is 0.128. The zero-order valence-corrected chi connectivity index (χ0v) is 12.4. The van der Waals surface area contributed by atoms with Crippen LogP contribution in [0.3, 0.4) is 0 Å². The molecular weight excluding hydrogens is 333 g/mol. The lowest BCUT2D eigenvalue weighted by molar-refractivity contribution is -0.0509. The number of aromatic nitrogens is 4. The van der Waals surface area contributed by atoms with E-state index in [1.807, 2.05) is 0 Å². The van der Waals surface area contributed by atoms with E-state index in [0.717, 1.165) is 0 Å². The minimum Gasteiger partial charge on any atom is -0.394 e. The quantitative estimate of drug-likeness (QED) is 0.390. The highest BCUT2D eigenvalue weighted by Gasteiger charge is 2.48. The Labute approximate surface area is 128 Å². The molecule has 3 heterocycles. The van der Waals surface area contributed by atoms with E-state index in [0.29, 0.717) is 0 Å². The smallest absolute Gasteiger partial charge is 0.394 e. The molecule has 6 N–H and O–H groups in total. The third-order valence-electron chi connectivity index (χ3n) is 3.41. The van der Waals surface area contributed by atoms with Crippen molar-refractivity contribution in [1.82, 2.24) is 19.5 Å². The fourth-order valence-electron chi connectivity index (χ4n) is 2.44. The molecule has 0 radical (unpaired) electrons. The van der Waals surface area contributed by atoms with Crippen LogP contribution in [0.1, 0.15) is 6.23 Å². The summed E-state index contributed by atoms with van der Waals surface area (Å²) in [5.74, 6) is 0.128. The van der Waals surface area contributed by atoms with Crippen LogP contribution in [0.25, 0.3) is 11.2 Å². The highest BCUT2D eigenvalue weighted by Crippen LogP contribution is 2.44. The van der Waals surface area contributed by atoms with Gasteiger partial charge in [-0.15, -0.1) is 0 Å². The van der Waals surface area contributed by atoms with Crippen molar-refractivity contribution < 1.29 is 33.8 Å². The summed E-state index contributed by atoms with van der Waals surface area (Å²) in [7, 11) is -4.88. The van der Waals surface area contributed by atoms with Crippen LogP contribution in [0.15, 0.2) is 12.7 Å². The predicted molar refractivity (Wildman–Crippen MR) is 73.7 cm³/mol. The van der Waals surface area contributed by atoms with Crippen LogP contribution in [-0.4, -0.2) is 64.4 Å². The van der Waals surface area contributed by atoms with Crippen molar-refractivity contribution >= 4 is 24.8 Å². The summed E-state index contributed by atoms with van der Waals surface area (Å²) in [5, 5.41) is 19.6. The summed E-state index contributed by atoms with van der Waals surface area (Å²) in [4.78, 5) is 29.6. The van der Waals surface area contributed by atoms with Crippen LogP contribution in [-0.2, 0) is 13.8 Å². The van der Waals surface area contributed by atoms with Crippen molar-refractivity contribution in [3.05, 3.63) is 12.7 Å². The fraction of sp³-hybridized carbons (Fsp3) is 0.500. The van der Waals surface area contributed by atoms with E-state index in [4.69, 9.17) is 20.3 Å². The fourth-order valence-corrected chi connectivity index (χ4v) is 3.02. The summed E-state index contributed by atoms with van der Waals surface area (Å²) >= 11 is 0. The number of ether oxygens (including phenoxy) is 1. The lowest BCUT2D eigenvalue weighted by Gasteiger charge is -2.19. The first-order valence-corrected chi connectivity index (χ1v) is 7.96. The number of nitrogen functional groups attached to an aromatic ring is 1. The van der Waals surface area contributed by atoms with E-state index in [1.54, 1.807) is 0 Å². The third-order valence-corrected chi connectivity index (χ3v) is 3.93. The lowest BCUT2D eigenvalue weighted by atomic mass is 10.1. The van der Waals surface area contributed by atoms with E-state index in [1.165, 1.54) is 17.2 Å². The van der Waals surface area contributed by atoms with Crippen molar-refractivity contribution in [1.29, 1.82) is 0 Å². The number of anilines is 1. The second-order valence-electron chi connectivity index (χ2n) is 4.88. The van der Waals surface area contributed by atoms with Crippen molar-refractivity contribution in [2.75, 3.05) is 12.3 Å². The predicted octanol–water partition coefficient (Wildman–Crippen LogP) is -1.86. The average Bonchev–Trinajstić information content (AvgIpc) is 3.01. The van der Waals surface area contributed by atoms with Crippen molar-refractivity contribution in [2.24, 2.45) is 0 Å². The summed E-state index contributed by atoms with van der Waals surface area (Å²) in [6.07, 6.45) is -2.68. The molecule has 2 aromatic heterocycles. The van der Waals surface area contributed by atoms with Gasteiger partial charge in [-0.05, 0) is 0 Å². The van der Waals surface area contributed by atoms with Crippen molar-refractivity contribution in [3.63, 3.8) is 0 Å². The molecule has 23 heavy (non-hydrogen) atoms. The Morgan fingerprint density at radius 1 is 1.39 bits per heavy atom. The molecule has 1 fully saturated rings. The molecule has 1 aliphatic rings. The lowest BCUT2D eigenvalue weighted by Crippen LogP contribution is -2.35. The first-order valence-electron chi connectivity index (χ1n) is 6.43. The third kappa shape index (κ3) is 2.93. The topological polar surface area (TPSA) is 186 Å². The number of aliphatic hydroxyl groups is 2. The zero-order valence-electron chi connectivity index (χ0n) is 11.5. The Morgan fingerprint density at radius 2 is 2.13 bits per heavy atom. The molecule has 1 saturated heterocycles. The van der Waals surface area contributed by atoms with E-state index in [9.17, 15) is 14.8 Å². The van der Waals surface area contributed by atoms with Crippen LogP contribution in [0.5, 0.6) is 0 Å². The van der Waals surface area contributed by atoms with Gasteiger partial charge >= 0.3 is 7.82 Å². The zero-order chi connectivity index (χ0) is 16.8. The number of aliphatic hydroxyl groups excluding tert-OH is 2. The van der Waals surface area contributed by atoms with Crippen molar-refractivity contribution in [3.8, 4) is 0 Å². The van der Waals surface area contributed by atoms with Crippen LogP contribution in [0.2, 0.25) is 0 Å². The van der Waals surface area contributed by atoms with E-state index in [-0.39, 0.29) is 17.0 Å². The Morgan fingerprint density at radius 3 is 2.78 bits per heavy atom. The first kappa shape index (κ1) is 16.2. The summed E-state index contributed by atoms with van der Waals surface area (Å²) in [5.41, 5.74) is 6.21. The maximum atomic E-state index is 11.0. The van der Waals surface area contributed by atoms with Gasteiger partial charge in [-0.1, -0.05) is 0 Å². The molecule has 0 saturated carbocycles. The second-order valence-corrected chi connectivity index (χ2v) is 6.07. The largest absolute Gasteiger partial charge is 0.470 e. The van der Waals surface area contributed by atoms with Gasteiger partial charge in [-0.25, -0.2) is 19.5 Å². The van der Waals surface area contributed by atoms with Crippen molar-refractivity contribution in [2.45, 2.75) is 24.5 Å². The Hall–Kier alpha value is -1.66. The molecule has 0 bridgehead atoms. The number of imidazole rings is 1. The maximum absolute atomic E-state index is 11.0. The normalized spacial score (nSPS) is 28.5. The summed E-state index contributed by atoms with van der Waals surface area (Å²) < 4.78 is 22.3. The van der Waals surface area contributed by atoms with Gasteiger partial charge in [0.15, 0.2) is 17.7 Å². The van der Waals surface area contributed by atoms with Gasteiger partial charge in [0.2, 0.25) is 0 Å². The monoisotopic (exact) mass is 347 g/mol. The molecule has 0 spiro atoms. The Bertz CT molecular complexity index is 763. The number of fused-ring (bicyclic) bond motifs is 1. The molecule has 2 aromatic rings. The number of hydrogen-bond donors (Lipinski definition) is 5. The number of rotatable bonds is 4. The van der Waals surface area contributed by atoms with Gasteiger partial charge in [-0.2, -0.15) is 0 Å². The highest BCUT2D eigenvalue weighted by atomic mass is 31.2. The van der Waals surface area contributed by atoms with Gasteiger partial charge in [-0.3, -0.25) is 9.09 Å². The molecule has 3 rings (SSSR count). The molecular formula is C10H14N5O7P. The molecule has 4 atom stereocenters. The Kier molecular flexibility index (Phi) is 4.06. The van der Waals surface area contributed by atoms with E-state index < -0.39 is 39.0 Å². The first-order chi connectivity index (χ1) is 10.8. The van der Waals surface area contributed by atoms with Crippen LogP contribution < -0.4 is 5.73 Å². The summed E-state index contributed by atoms with van der Waals surface area (Å²) in [6.45, 7) is -0.609. The van der Waals surface area contributed by atoms with Gasteiger partial charge in [0.1, 0.15) is 30.2 Å². The number of phosphoric ester groups is 1. The minimum atomic E-state index is -4.88. The average molecular weight is 347 g/mol. The van der Waals surface area contributed by atoms with Crippen LogP contribution in [0.4, 0.5) is 5.82 Å². The molecule has 0 aromatic carbocycles. The molecule has 12 nitrogen and oxygen atoms in total. The molecule has 13 heteroatoms. The second kappa shape index (κ2) is 5.76. The van der Waals surface area contributed by atoms with Crippen LogP contribution >= 0.6 is 7.82 Å². The maximum Gasteiger partial charge on any atom is 0.470 e. The SMILES string of the molecule is Nc1ncnc2c1ncn2[C@H]1O[C@H](CO)[C@@H](OP(=O)(O)O)[C@H]1O. The molecule has 126 valence electrons. The van der Waals surface area contributed by atoms with Gasteiger partial charge in [0.05, 0.1) is 12.9 Å². The van der Waals surface area contributed by atoms with Gasteiger partial charge < -0.3 is 30.5 Å². The number of hydrogen-bond acceptors (Lipinski definition) is 9. The van der Waals surface area contributed by atoms with E-state index >= 15 is 0 Å². The standard InChI is InChI=1S/C10H14N5O7P/c11-8-5-9(13-2-12-8)15(3-14-5)10-6(17)7(4(1-16)21-10)22-23(18,19)20/h2-4,6-7,10,16-17H,1H2,(H2,11,12,13)(H2,18,19,20)/t4-,6-,7-,10+/m1/s1. The number of phosphoric acid groups is 1. The van der Waals surface area contributed by atoms with Gasteiger partial charge in [0, 0.05) is 0 Å². The molecule has 0 amide bonds. The van der Waals surface area contributed by atoms with Crippen LogP contribution in [0, 0.1) is 0 Å². The molecule has 1 aliphatic heterocycles.